The molecule has 2 heterocycles. The van der Waals surface area contributed by atoms with E-state index in [1.807, 2.05) is 0 Å². The molecule has 2 N–H and O–H groups in total. The van der Waals surface area contributed by atoms with Crippen molar-refractivity contribution in [2.75, 3.05) is 6.61 Å². The molecule has 0 bridgehead atoms. The monoisotopic (exact) mass is 414 g/mol. The fraction of sp³-hybridized carbons (Fsp3) is 0.500. The molecule has 156 valence electrons. The number of ether oxygens (including phenoxy) is 1. The number of alkyl halides is 3. The van der Waals surface area contributed by atoms with E-state index in [4.69, 9.17) is 10.5 Å². The van der Waals surface area contributed by atoms with Crippen molar-refractivity contribution in [1.82, 2.24) is 15.0 Å². The molecule has 1 aromatic heterocycles. The highest BCUT2D eigenvalue weighted by atomic mass is 19.4. The highest BCUT2D eigenvalue weighted by Gasteiger charge is 2.40. The smallest absolute Gasteiger partial charge is 0.471 e. The van der Waals surface area contributed by atoms with E-state index in [9.17, 15) is 22.4 Å². The summed E-state index contributed by atoms with van der Waals surface area (Å²) in [4.78, 5) is 17.6. The second-order valence-electron chi connectivity index (χ2n) is 7.41. The fourth-order valence-corrected chi connectivity index (χ4v) is 3.50. The van der Waals surface area contributed by atoms with Crippen LogP contribution in [0.15, 0.2) is 16.7 Å². The zero-order valence-electron chi connectivity index (χ0n) is 15.4. The van der Waals surface area contributed by atoms with Gasteiger partial charge >= 0.3 is 12.1 Å². The Kier molecular flexibility index (Phi) is 4.72. The number of carbonyl (C=O) groups is 1. The number of aromatic nitrogens is 2. The van der Waals surface area contributed by atoms with Gasteiger partial charge in [-0.05, 0) is 31.9 Å². The first-order chi connectivity index (χ1) is 13.6. The predicted molar refractivity (Wildman–Crippen MR) is 90.9 cm³/mol. The highest BCUT2D eigenvalue weighted by Crippen LogP contribution is 2.36. The van der Waals surface area contributed by atoms with Gasteiger partial charge in [0.15, 0.2) is 0 Å². The molecule has 1 aliphatic carbocycles. The summed E-state index contributed by atoms with van der Waals surface area (Å²) >= 11 is 0. The summed E-state index contributed by atoms with van der Waals surface area (Å²) in [6.07, 6.45) is -3.61. The number of carbonyl (C=O) groups excluding carboxylic acids is 1. The van der Waals surface area contributed by atoms with E-state index >= 15 is 0 Å². The van der Waals surface area contributed by atoms with Gasteiger partial charge in [0.05, 0.1) is 12.6 Å². The zero-order chi connectivity index (χ0) is 20.9. The van der Waals surface area contributed by atoms with E-state index in [2.05, 4.69) is 14.7 Å². The van der Waals surface area contributed by atoms with Crippen LogP contribution in [-0.2, 0) is 17.5 Å². The number of hydrogen-bond donors (Lipinski definition) is 1. The fourth-order valence-electron chi connectivity index (χ4n) is 3.50. The molecule has 1 unspecified atom stereocenters. The van der Waals surface area contributed by atoms with Crippen molar-refractivity contribution in [3.8, 4) is 17.1 Å². The number of nitrogens with zero attached hydrogens (tertiary/aromatic N) is 3. The molecule has 7 nitrogen and oxygen atoms in total. The maximum atomic E-state index is 14.8. The molecule has 1 aromatic carbocycles. The summed E-state index contributed by atoms with van der Waals surface area (Å²) in [5.41, 5.74) is 5.89. The standard InChI is InChI=1S/C18H18F4N4O3/c1-8-7-28-14-5-9(15-24-17(29-25-15)18(20,21)22)4-13(19)12(14)6-26(8)16(27)10-2-11(23)3-10/h4-5,8,10-11H,2-3,6-7,23H2,1H3. The van der Waals surface area contributed by atoms with Gasteiger partial charge < -0.3 is 19.9 Å². The topological polar surface area (TPSA) is 94.5 Å². The SMILES string of the molecule is CC1COc2cc(-c3noc(C(F)(F)F)n3)cc(F)c2CN1C(=O)C1CC(N)C1. The van der Waals surface area contributed by atoms with Crippen LogP contribution >= 0.6 is 0 Å². The van der Waals surface area contributed by atoms with Crippen molar-refractivity contribution in [1.29, 1.82) is 0 Å². The lowest BCUT2D eigenvalue weighted by atomic mass is 9.79. The van der Waals surface area contributed by atoms with Crippen LogP contribution in [0.1, 0.15) is 31.2 Å². The Bertz CT molecular complexity index is 940. The van der Waals surface area contributed by atoms with Crippen LogP contribution < -0.4 is 10.5 Å². The lowest BCUT2D eigenvalue weighted by molar-refractivity contribution is -0.159. The van der Waals surface area contributed by atoms with Crippen LogP contribution in [0.5, 0.6) is 5.75 Å². The van der Waals surface area contributed by atoms with Crippen molar-refractivity contribution < 1.29 is 31.6 Å². The molecule has 29 heavy (non-hydrogen) atoms. The van der Waals surface area contributed by atoms with Crippen LogP contribution in [0.4, 0.5) is 17.6 Å². The van der Waals surface area contributed by atoms with E-state index in [0.717, 1.165) is 6.07 Å². The van der Waals surface area contributed by atoms with Crippen molar-refractivity contribution in [2.24, 2.45) is 11.7 Å². The van der Waals surface area contributed by atoms with Crippen LogP contribution in [-0.4, -0.2) is 39.6 Å². The van der Waals surface area contributed by atoms with Crippen LogP contribution in [0.2, 0.25) is 0 Å². The lowest BCUT2D eigenvalue weighted by Gasteiger charge is -2.37. The number of fused-ring (bicyclic) bond motifs is 1. The van der Waals surface area contributed by atoms with E-state index in [1.165, 1.54) is 6.07 Å². The van der Waals surface area contributed by atoms with Crippen molar-refractivity contribution in [3.05, 3.63) is 29.4 Å². The molecule has 0 radical (unpaired) electrons. The van der Waals surface area contributed by atoms with Gasteiger partial charge in [0.25, 0.3) is 0 Å². The minimum Gasteiger partial charge on any atom is -0.491 e. The molecular formula is C18H18F4N4O3. The highest BCUT2D eigenvalue weighted by molar-refractivity contribution is 5.80. The molecule has 2 aromatic rings. The normalized spacial score (nSPS) is 24.3. The number of benzene rings is 1. The summed E-state index contributed by atoms with van der Waals surface area (Å²) in [5, 5.41) is 3.27. The summed E-state index contributed by atoms with van der Waals surface area (Å²) < 4.78 is 62.7. The first-order valence-corrected chi connectivity index (χ1v) is 9.06. The minimum atomic E-state index is -4.80. The Morgan fingerprint density at radius 2 is 2.03 bits per heavy atom. The number of nitrogens with two attached hydrogens (primary N) is 1. The quantitative estimate of drug-likeness (QED) is 0.760. The van der Waals surface area contributed by atoms with Crippen molar-refractivity contribution >= 4 is 5.91 Å². The average molecular weight is 414 g/mol. The molecule has 1 aliphatic heterocycles. The molecule has 0 spiro atoms. The first-order valence-electron chi connectivity index (χ1n) is 9.06. The molecular weight excluding hydrogens is 396 g/mol. The third-order valence-corrected chi connectivity index (χ3v) is 5.23. The molecule has 4 rings (SSSR count). The van der Waals surface area contributed by atoms with Gasteiger partial charge in [-0.1, -0.05) is 5.16 Å². The van der Waals surface area contributed by atoms with Crippen LogP contribution in [0, 0.1) is 11.7 Å². The Morgan fingerprint density at radius 1 is 1.31 bits per heavy atom. The van der Waals surface area contributed by atoms with E-state index in [0.29, 0.717) is 12.8 Å². The molecule has 0 saturated heterocycles. The van der Waals surface area contributed by atoms with E-state index < -0.39 is 23.7 Å². The summed E-state index contributed by atoms with van der Waals surface area (Å²) in [5.74, 6) is -2.81. The van der Waals surface area contributed by atoms with Gasteiger partial charge in [0, 0.05) is 23.1 Å². The first kappa shape index (κ1) is 19.6. The number of amides is 1. The van der Waals surface area contributed by atoms with Crippen molar-refractivity contribution in [3.63, 3.8) is 0 Å². The van der Waals surface area contributed by atoms with E-state index in [-0.39, 0.29) is 53.9 Å². The van der Waals surface area contributed by atoms with Gasteiger partial charge in [-0.3, -0.25) is 4.79 Å². The average Bonchev–Trinajstić information content (AvgIpc) is 3.06. The third-order valence-electron chi connectivity index (χ3n) is 5.23. The second kappa shape index (κ2) is 6.97. The predicted octanol–water partition coefficient (Wildman–Crippen LogP) is 2.74. The molecule has 1 saturated carbocycles. The Labute approximate surface area is 162 Å². The zero-order valence-corrected chi connectivity index (χ0v) is 15.4. The van der Waals surface area contributed by atoms with Crippen LogP contribution in [0.3, 0.4) is 0 Å². The van der Waals surface area contributed by atoms with Crippen molar-refractivity contribution in [2.45, 2.75) is 44.6 Å². The minimum absolute atomic E-state index is 0.00520. The maximum absolute atomic E-state index is 14.8. The third kappa shape index (κ3) is 3.66. The molecule has 2 aliphatic rings. The molecule has 11 heteroatoms. The Balaban J connectivity index is 1.63. The number of hydrogen-bond acceptors (Lipinski definition) is 6. The summed E-state index contributed by atoms with van der Waals surface area (Å²) in [6, 6.07) is 2.05. The van der Waals surface area contributed by atoms with Gasteiger partial charge in [0.1, 0.15) is 18.2 Å². The number of halogens is 4. The second-order valence-corrected chi connectivity index (χ2v) is 7.41. The summed E-state index contributed by atoms with van der Waals surface area (Å²) in [6.45, 7) is 1.89. The van der Waals surface area contributed by atoms with Crippen LogP contribution in [0.25, 0.3) is 11.4 Å². The van der Waals surface area contributed by atoms with Gasteiger partial charge in [-0.2, -0.15) is 18.2 Å². The molecule has 1 fully saturated rings. The van der Waals surface area contributed by atoms with Gasteiger partial charge in [0.2, 0.25) is 11.7 Å². The van der Waals surface area contributed by atoms with Gasteiger partial charge in [-0.15, -0.1) is 0 Å². The maximum Gasteiger partial charge on any atom is 0.471 e. The Morgan fingerprint density at radius 3 is 2.66 bits per heavy atom. The van der Waals surface area contributed by atoms with Gasteiger partial charge in [-0.25, -0.2) is 4.39 Å². The van der Waals surface area contributed by atoms with E-state index in [1.54, 1.807) is 11.8 Å². The number of rotatable bonds is 2. The lowest BCUT2D eigenvalue weighted by Crippen LogP contribution is -2.49. The molecule has 1 atom stereocenters. The largest absolute Gasteiger partial charge is 0.491 e. The summed E-state index contributed by atoms with van der Waals surface area (Å²) in [7, 11) is 0. The molecule has 1 amide bonds. The Hall–Kier alpha value is -2.69.